The molecule has 3 aromatic rings. The van der Waals surface area contributed by atoms with Crippen molar-refractivity contribution in [3.8, 4) is 17.0 Å². The van der Waals surface area contributed by atoms with Gasteiger partial charge in [-0.1, -0.05) is 36.2 Å². The first kappa shape index (κ1) is 22.2. The Balaban J connectivity index is 1.59. The minimum atomic E-state index is -0.486. The molecule has 0 spiro atoms. The maximum atomic E-state index is 12.6. The largest absolute Gasteiger partial charge is 0.507 e. The molecule has 0 unspecified atom stereocenters. The van der Waals surface area contributed by atoms with Crippen LogP contribution in [0.25, 0.3) is 11.3 Å². The highest BCUT2D eigenvalue weighted by molar-refractivity contribution is 6.40. The van der Waals surface area contributed by atoms with Crippen molar-refractivity contribution in [2.75, 3.05) is 11.9 Å². The molecular weight excluding hydrogens is 451 g/mol. The summed E-state index contributed by atoms with van der Waals surface area (Å²) in [6.07, 6.45) is 2.84. The summed E-state index contributed by atoms with van der Waals surface area (Å²) < 4.78 is 1.39. The van der Waals surface area contributed by atoms with Gasteiger partial charge in [-0.15, -0.1) is 0 Å². The van der Waals surface area contributed by atoms with Gasteiger partial charge in [0, 0.05) is 29.8 Å². The van der Waals surface area contributed by atoms with E-state index in [4.69, 9.17) is 23.2 Å². The van der Waals surface area contributed by atoms with E-state index in [1.807, 2.05) is 13.0 Å². The van der Waals surface area contributed by atoms with Crippen LogP contribution in [0.15, 0.2) is 42.5 Å². The SMILES string of the molecule is CCCNC(=O)n1nc(-c2ccc(NC(=O)c3c(Cl)cccc3Cl)cc2O)cc1C1CC1. The van der Waals surface area contributed by atoms with E-state index in [9.17, 15) is 14.7 Å². The van der Waals surface area contributed by atoms with Gasteiger partial charge in [0.15, 0.2) is 0 Å². The lowest BCUT2D eigenvalue weighted by molar-refractivity contribution is 0.102. The van der Waals surface area contributed by atoms with Crippen LogP contribution in [0.3, 0.4) is 0 Å². The number of carbonyl (C=O) groups is 2. The van der Waals surface area contributed by atoms with Gasteiger partial charge < -0.3 is 15.7 Å². The van der Waals surface area contributed by atoms with Crippen molar-refractivity contribution >= 4 is 40.8 Å². The highest BCUT2D eigenvalue weighted by atomic mass is 35.5. The standard InChI is InChI=1S/C23H22Cl2N4O3/c1-2-10-26-23(32)29-19(13-6-7-13)12-18(28-29)15-9-8-14(11-20(15)30)27-22(31)21-16(24)4-3-5-17(21)25/h3-5,8-9,11-13,30H,2,6-7,10H2,1H3,(H,26,32)(H,27,31). The van der Waals surface area contributed by atoms with Crippen LogP contribution in [0.2, 0.25) is 10.0 Å². The number of nitrogens with one attached hydrogen (secondary N) is 2. The van der Waals surface area contributed by atoms with Crippen LogP contribution in [0.5, 0.6) is 5.75 Å². The summed E-state index contributed by atoms with van der Waals surface area (Å²) >= 11 is 12.2. The summed E-state index contributed by atoms with van der Waals surface area (Å²) in [5.74, 6) is -0.264. The van der Waals surface area contributed by atoms with Crippen LogP contribution in [-0.2, 0) is 0 Å². The molecule has 2 amide bonds. The van der Waals surface area contributed by atoms with E-state index in [2.05, 4.69) is 15.7 Å². The highest BCUT2D eigenvalue weighted by Crippen LogP contribution is 2.42. The molecule has 0 saturated heterocycles. The third-order valence-corrected chi connectivity index (χ3v) is 5.80. The number of phenolic OH excluding ortho intramolecular Hbond substituents is 1. The minimum Gasteiger partial charge on any atom is -0.507 e. The van der Waals surface area contributed by atoms with Gasteiger partial charge in [0.25, 0.3) is 5.91 Å². The molecule has 7 nitrogen and oxygen atoms in total. The zero-order chi connectivity index (χ0) is 22.8. The monoisotopic (exact) mass is 472 g/mol. The third-order valence-electron chi connectivity index (χ3n) is 5.17. The molecule has 1 aromatic heterocycles. The average Bonchev–Trinajstić information content (AvgIpc) is 3.50. The van der Waals surface area contributed by atoms with Crippen LogP contribution in [-0.4, -0.2) is 33.4 Å². The zero-order valence-corrected chi connectivity index (χ0v) is 18.9. The Kier molecular flexibility index (Phi) is 6.39. The van der Waals surface area contributed by atoms with E-state index < -0.39 is 5.91 Å². The lowest BCUT2D eigenvalue weighted by Gasteiger charge is -2.10. The molecule has 1 aliphatic carbocycles. The Hall–Kier alpha value is -3.03. The molecule has 32 heavy (non-hydrogen) atoms. The van der Waals surface area contributed by atoms with E-state index >= 15 is 0 Å². The number of nitrogens with zero attached hydrogens (tertiary/aromatic N) is 2. The number of carbonyl (C=O) groups excluding carboxylic acids is 2. The van der Waals surface area contributed by atoms with Gasteiger partial charge in [0.05, 0.1) is 27.0 Å². The van der Waals surface area contributed by atoms with E-state index in [0.717, 1.165) is 25.0 Å². The normalized spacial score (nSPS) is 13.1. The Morgan fingerprint density at radius 3 is 2.50 bits per heavy atom. The molecule has 2 aromatic carbocycles. The van der Waals surface area contributed by atoms with Crippen molar-refractivity contribution in [1.29, 1.82) is 0 Å². The lowest BCUT2D eigenvalue weighted by atomic mass is 10.1. The third kappa shape index (κ3) is 4.59. The Morgan fingerprint density at radius 1 is 1.16 bits per heavy atom. The first-order valence-electron chi connectivity index (χ1n) is 10.4. The highest BCUT2D eigenvalue weighted by Gasteiger charge is 2.30. The maximum absolute atomic E-state index is 12.6. The second-order valence-electron chi connectivity index (χ2n) is 7.66. The van der Waals surface area contributed by atoms with Gasteiger partial charge in [0.1, 0.15) is 5.75 Å². The number of halogens is 2. The Bertz CT molecular complexity index is 1170. The summed E-state index contributed by atoms with van der Waals surface area (Å²) in [5.41, 5.74) is 2.31. The second kappa shape index (κ2) is 9.22. The van der Waals surface area contributed by atoms with Crippen molar-refractivity contribution < 1.29 is 14.7 Å². The summed E-state index contributed by atoms with van der Waals surface area (Å²) in [4.78, 5) is 25.1. The zero-order valence-electron chi connectivity index (χ0n) is 17.4. The van der Waals surface area contributed by atoms with Crippen LogP contribution in [0, 0.1) is 0 Å². The topological polar surface area (TPSA) is 96.3 Å². The van der Waals surface area contributed by atoms with Gasteiger partial charge in [-0.2, -0.15) is 9.78 Å². The Labute approximate surface area is 195 Å². The molecule has 1 saturated carbocycles. The summed E-state index contributed by atoms with van der Waals surface area (Å²) in [6.45, 7) is 2.54. The molecule has 1 heterocycles. The van der Waals surface area contributed by atoms with Gasteiger partial charge in [-0.3, -0.25) is 4.79 Å². The molecule has 9 heteroatoms. The van der Waals surface area contributed by atoms with Crippen molar-refractivity contribution in [2.24, 2.45) is 0 Å². The van der Waals surface area contributed by atoms with E-state index in [1.54, 1.807) is 30.3 Å². The molecule has 4 rings (SSSR count). The molecule has 0 radical (unpaired) electrons. The fourth-order valence-electron chi connectivity index (χ4n) is 3.40. The molecule has 3 N–H and O–H groups in total. The van der Waals surface area contributed by atoms with Crippen LogP contribution >= 0.6 is 23.2 Å². The van der Waals surface area contributed by atoms with Crippen molar-refractivity contribution in [2.45, 2.75) is 32.1 Å². The first-order valence-corrected chi connectivity index (χ1v) is 11.1. The summed E-state index contributed by atoms with van der Waals surface area (Å²) in [7, 11) is 0. The van der Waals surface area contributed by atoms with E-state index in [0.29, 0.717) is 29.4 Å². The molecule has 0 aliphatic heterocycles. The summed E-state index contributed by atoms with van der Waals surface area (Å²) in [5, 5.41) is 21.0. The summed E-state index contributed by atoms with van der Waals surface area (Å²) in [6, 6.07) is 11.1. The number of anilines is 1. The van der Waals surface area contributed by atoms with E-state index in [-0.39, 0.29) is 27.4 Å². The van der Waals surface area contributed by atoms with Crippen molar-refractivity contribution in [3.63, 3.8) is 0 Å². The molecule has 166 valence electrons. The van der Waals surface area contributed by atoms with Crippen molar-refractivity contribution in [3.05, 3.63) is 63.8 Å². The number of hydrogen-bond donors (Lipinski definition) is 3. The number of amides is 2. The van der Waals surface area contributed by atoms with Crippen LogP contribution < -0.4 is 10.6 Å². The van der Waals surface area contributed by atoms with Gasteiger partial charge in [-0.25, -0.2) is 4.79 Å². The fraction of sp³-hybridized carbons (Fsp3) is 0.261. The molecule has 1 fully saturated rings. The quantitative estimate of drug-likeness (QED) is 0.431. The number of aromatic nitrogens is 2. The van der Waals surface area contributed by atoms with Crippen LogP contribution in [0.4, 0.5) is 10.5 Å². The predicted octanol–water partition coefficient (Wildman–Crippen LogP) is 5.66. The number of benzene rings is 2. The van der Waals surface area contributed by atoms with Crippen molar-refractivity contribution in [1.82, 2.24) is 15.1 Å². The average molecular weight is 473 g/mol. The molecular formula is C23H22Cl2N4O3. The van der Waals surface area contributed by atoms with Gasteiger partial charge in [0.2, 0.25) is 0 Å². The minimum absolute atomic E-state index is 0.0750. The lowest BCUT2D eigenvalue weighted by Crippen LogP contribution is -2.31. The molecule has 0 bridgehead atoms. The fourth-order valence-corrected chi connectivity index (χ4v) is 3.97. The number of aromatic hydroxyl groups is 1. The molecule has 0 atom stereocenters. The first-order chi connectivity index (χ1) is 15.4. The molecule has 1 aliphatic rings. The number of rotatable bonds is 6. The van der Waals surface area contributed by atoms with Gasteiger partial charge in [-0.05, 0) is 49.6 Å². The van der Waals surface area contributed by atoms with Crippen LogP contribution in [0.1, 0.15) is 48.2 Å². The smallest absolute Gasteiger partial charge is 0.342 e. The maximum Gasteiger partial charge on any atom is 0.342 e. The van der Waals surface area contributed by atoms with E-state index in [1.165, 1.54) is 10.7 Å². The Morgan fingerprint density at radius 2 is 1.88 bits per heavy atom. The number of hydrogen-bond acceptors (Lipinski definition) is 4. The predicted molar refractivity (Wildman–Crippen MR) is 125 cm³/mol. The van der Waals surface area contributed by atoms with Gasteiger partial charge >= 0.3 is 6.03 Å². The number of phenols is 1. The second-order valence-corrected chi connectivity index (χ2v) is 8.47.